The first kappa shape index (κ1) is 10.6. The monoisotopic (exact) mass is 197 g/mol. The van der Waals surface area contributed by atoms with E-state index in [9.17, 15) is 5.11 Å². The fourth-order valence-corrected chi connectivity index (χ4v) is 1.85. The van der Waals surface area contributed by atoms with Crippen LogP contribution in [0.2, 0.25) is 0 Å². The molecule has 0 fully saturated rings. The van der Waals surface area contributed by atoms with Crippen molar-refractivity contribution in [1.82, 2.24) is 0 Å². The van der Waals surface area contributed by atoms with Crippen molar-refractivity contribution in [3.8, 4) is 0 Å². The van der Waals surface area contributed by atoms with E-state index in [1.807, 2.05) is 25.1 Å². The van der Waals surface area contributed by atoms with E-state index < -0.39 is 5.60 Å². The van der Waals surface area contributed by atoms with E-state index in [1.54, 1.807) is 13.8 Å². The molecule has 0 aliphatic carbocycles. The van der Waals surface area contributed by atoms with E-state index in [0.29, 0.717) is 0 Å². The molecule has 3 N–H and O–H groups in total. The predicted molar refractivity (Wildman–Crippen MR) is 56.5 cm³/mol. The Balaban J connectivity index is 3.24. The van der Waals surface area contributed by atoms with E-state index in [4.69, 9.17) is 5.14 Å². The lowest BCUT2D eigenvalue weighted by atomic mass is 9.94. The minimum absolute atomic E-state index is 0.796. The lowest BCUT2D eigenvalue weighted by Gasteiger charge is -2.21. The fourth-order valence-electron chi connectivity index (χ4n) is 1.40. The molecule has 0 bridgehead atoms. The molecule has 0 spiro atoms. The quantitative estimate of drug-likeness (QED) is 0.714. The Hall–Kier alpha value is -0.510. The van der Waals surface area contributed by atoms with Gasteiger partial charge in [0.15, 0.2) is 0 Å². The molecule has 13 heavy (non-hydrogen) atoms. The van der Waals surface area contributed by atoms with Gasteiger partial charge in [0.1, 0.15) is 0 Å². The standard InChI is InChI=1S/C10H15NOS/c1-7-8(10(2,3)12)5-4-6-9(7)13-11/h4-6,12H,11H2,1-3H3. The first-order valence-electron chi connectivity index (χ1n) is 4.16. The Morgan fingerprint density at radius 1 is 1.38 bits per heavy atom. The summed E-state index contributed by atoms with van der Waals surface area (Å²) in [6.07, 6.45) is 0. The zero-order valence-electron chi connectivity index (χ0n) is 8.16. The maximum atomic E-state index is 9.84. The lowest BCUT2D eigenvalue weighted by molar-refractivity contribution is 0.0776. The molecular weight excluding hydrogens is 182 g/mol. The summed E-state index contributed by atoms with van der Waals surface area (Å²) in [6, 6.07) is 5.79. The molecule has 1 aromatic rings. The SMILES string of the molecule is Cc1c(SN)cccc1C(C)(C)O. The molecular formula is C10H15NOS. The van der Waals surface area contributed by atoms with Crippen molar-refractivity contribution in [2.45, 2.75) is 31.3 Å². The zero-order chi connectivity index (χ0) is 10.1. The number of rotatable bonds is 2. The Kier molecular flexibility index (Phi) is 3.01. The molecule has 0 aliphatic heterocycles. The van der Waals surface area contributed by atoms with Crippen LogP contribution in [0.25, 0.3) is 0 Å². The van der Waals surface area contributed by atoms with Gasteiger partial charge in [0, 0.05) is 4.90 Å². The molecule has 0 aromatic heterocycles. The molecule has 0 unspecified atom stereocenters. The van der Waals surface area contributed by atoms with Crippen LogP contribution in [0.5, 0.6) is 0 Å². The summed E-state index contributed by atoms with van der Waals surface area (Å²) in [5, 5.41) is 15.3. The summed E-state index contributed by atoms with van der Waals surface area (Å²) in [7, 11) is 0. The minimum Gasteiger partial charge on any atom is -0.386 e. The van der Waals surface area contributed by atoms with Gasteiger partial charge in [-0.25, -0.2) is 0 Å². The Morgan fingerprint density at radius 3 is 2.46 bits per heavy atom. The second kappa shape index (κ2) is 3.70. The van der Waals surface area contributed by atoms with E-state index in [-0.39, 0.29) is 0 Å². The Labute approximate surface area is 83.3 Å². The molecule has 1 rings (SSSR count). The number of aliphatic hydroxyl groups is 1. The van der Waals surface area contributed by atoms with Gasteiger partial charge >= 0.3 is 0 Å². The number of hydrogen-bond donors (Lipinski definition) is 2. The summed E-state index contributed by atoms with van der Waals surface area (Å²) in [5.74, 6) is 0. The third-order valence-corrected chi connectivity index (χ3v) is 2.77. The first-order chi connectivity index (χ1) is 5.96. The molecule has 0 atom stereocenters. The molecule has 72 valence electrons. The van der Waals surface area contributed by atoms with Crippen LogP contribution in [-0.2, 0) is 5.60 Å². The average molecular weight is 197 g/mol. The maximum absolute atomic E-state index is 9.84. The van der Waals surface area contributed by atoms with Crippen LogP contribution >= 0.6 is 11.9 Å². The molecule has 0 amide bonds. The van der Waals surface area contributed by atoms with Gasteiger partial charge in [-0.1, -0.05) is 12.1 Å². The highest BCUT2D eigenvalue weighted by Gasteiger charge is 2.19. The fraction of sp³-hybridized carbons (Fsp3) is 0.400. The Bertz CT molecular complexity index is 304. The second-order valence-corrected chi connectivity index (χ2v) is 4.28. The predicted octanol–water partition coefficient (Wildman–Crippen LogP) is 2.19. The van der Waals surface area contributed by atoms with Crippen LogP contribution in [0.3, 0.4) is 0 Å². The molecule has 2 nitrogen and oxygen atoms in total. The smallest absolute Gasteiger partial charge is 0.0843 e. The largest absolute Gasteiger partial charge is 0.386 e. The second-order valence-electron chi connectivity index (χ2n) is 3.61. The molecule has 3 heteroatoms. The van der Waals surface area contributed by atoms with Gasteiger partial charge in [0.2, 0.25) is 0 Å². The van der Waals surface area contributed by atoms with Gasteiger partial charge in [-0.15, -0.1) is 0 Å². The van der Waals surface area contributed by atoms with Crippen LogP contribution in [-0.4, -0.2) is 5.11 Å². The zero-order valence-corrected chi connectivity index (χ0v) is 8.98. The summed E-state index contributed by atoms with van der Waals surface area (Å²) in [4.78, 5) is 1.01. The van der Waals surface area contributed by atoms with Crippen LogP contribution in [0.15, 0.2) is 23.1 Å². The van der Waals surface area contributed by atoms with Gasteiger partial charge < -0.3 is 5.11 Å². The Morgan fingerprint density at radius 2 is 2.00 bits per heavy atom. The van der Waals surface area contributed by atoms with E-state index in [0.717, 1.165) is 16.0 Å². The van der Waals surface area contributed by atoms with Crippen LogP contribution < -0.4 is 5.14 Å². The van der Waals surface area contributed by atoms with Gasteiger partial charge in [-0.05, 0) is 49.9 Å². The van der Waals surface area contributed by atoms with Crippen molar-refractivity contribution >= 4 is 11.9 Å². The average Bonchev–Trinajstić information content (AvgIpc) is 2.02. The van der Waals surface area contributed by atoms with Crippen LogP contribution in [0, 0.1) is 6.92 Å². The maximum Gasteiger partial charge on any atom is 0.0843 e. The van der Waals surface area contributed by atoms with Crippen molar-refractivity contribution in [3.05, 3.63) is 29.3 Å². The van der Waals surface area contributed by atoms with Crippen molar-refractivity contribution in [2.24, 2.45) is 5.14 Å². The third kappa shape index (κ3) is 2.24. The van der Waals surface area contributed by atoms with Crippen molar-refractivity contribution < 1.29 is 5.11 Å². The summed E-state index contributed by atoms with van der Waals surface area (Å²) in [6.45, 7) is 5.53. The summed E-state index contributed by atoms with van der Waals surface area (Å²) in [5.41, 5.74) is 1.20. The van der Waals surface area contributed by atoms with Crippen molar-refractivity contribution in [2.75, 3.05) is 0 Å². The molecule has 0 radical (unpaired) electrons. The highest BCUT2D eigenvalue weighted by molar-refractivity contribution is 7.97. The molecule has 0 saturated heterocycles. The summed E-state index contributed by atoms with van der Waals surface area (Å²) < 4.78 is 0. The van der Waals surface area contributed by atoms with Crippen LogP contribution in [0.1, 0.15) is 25.0 Å². The normalized spacial score (nSPS) is 11.8. The topological polar surface area (TPSA) is 46.2 Å². The van der Waals surface area contributed by atoms with Gasteiger partial charge in [-0.2, -0.15) is 0 Å². The molecule has 0 saturated carbocycles. The first-order valence-corrected chi connectivity index (χ1v) is 5.04. The van der Waals surface area contributed by atoms with E-state index >= 15 is 0 Å². The number of nitrogens with two attached hydrogens (primary N) is 1. The molecule has 1 aromatic carbocycles. The van der Waals surface area contributed by atoms with Gasteiger partial charge in [-0.3, -0.25) is 5.14 Å². The van der Waals surface area contributed by atoms with E-state index in [1.165, 1.54) is 11.9 Å². The van der Waals surface area contributed by atoms with Gasteiger partial charge in [0.25, 0.3) is 0 Å². The number of hydrogen-bond acceptors (Lipinski definition) is 3. The lowest BCUT2D eigenvalue weighted by Crippen LogP contribution is -2.17. The summed E-state index contributed by atoms with van der Waals surface area (Å²) >= 11 is 1.21. The third-order valence-electron chi connectivity index (χ3n) is 2.07. The highest BCUT2D eigenvalue weighted by Crippen LogP contribution is 2.28. The molecule has 0 aliphatic rings. The van der Waals surface area contributed by atoms with Crippen molar-refractivity contribution in [3.63, 3.8) is 0 Å². The number of benzene rings is 1. The minimum atomic E-state index is -0.796. The van der Waals surface area contributed by atoms with Crippen molar-refractivity contribution in [1.29, 1.82) is 0 Å². The van der Waals surface area contributed by atoms with Crippen LogP contribution in [0.4, 0.5) is 0 Å². The van der Waals surface area contributed by atoms with E-state index in [2.05, 4.69) is 0 Å². The molecule has 0 heterocycles. The van der Waals surface area contributed by atoms with Gasteiger partial charge in [0.05, 0.1) is 5.60 Å². The highest BCUT2D eigenvalue weighted by atomic mass is 32.2.